The second-order valence-corrected chi connectivity index (χ2v) is 5.71. The van der Waals surface area contributed by atoms with Crippen LogP contribution in [0.5, 0.6) is 5.75 Å². The number of nitrogens with zero attached hydrogens (tertiary/aromatic N) is 1. The topological polar surface area (TPSA) is 32.7 Å². The standard InChI is InChI=1S/C15H23NO2/c1-15(2)10-12(7-8-17)11-16(15)13-5-4-6-14(9-13)18-3/h4-6,9,12,17H,7-8,10-11H2,1-3H3. The Bertz CT molecular complexity index is 403. The van der Waals surface area contributed by atoms with Crippen LogP contribution >= 0.6 is 0 Å². The number of ether oxygens (including phenoxy) is 1. The van der Waals surface area contributed by atoms with Gasteiger partial charge in [0.1, 0.15) is 5.75 Å². The molecule has 0 amide bonds. The molecule has 1 fully saturated rings. The van der Waals surface area contributed by atoms with Crippen LogP contribution in [0.15, 0.2) is 24.3 Å². The summed E-state index contributed by atoms with van der Waals surface area (Å²) in [6, 6.07) is 8.22. The lowest BCUT2D eigenvalue weighted by Crippen LogP contribution is -2.38. The Labute approximate surface area is 109 Å². The lowest BCUT2D eigenvalue weighted by atomic mass is 9.94. The summed E-state index contributed by atoms with van der Waals surface area (Å²) in [6.45, 7) is 5.83. The van der Waals surface area contributed by atoms with E-state index in [1.54, 1.807) is 7.11 Å². The van der Waals surface area contributed by atoms with E-state index in [0.717, 1.165) is 25.1 Å². The molecule has 1 atom stereocenters. The van der Waals surface area contributed by atoms with Gasteiger partial charge in [0.05, 0.1) is 7.11 Å². The molecule has 100 valence electrons. The number of rotatable bonds is 4. The molecule has 1 saturated heterocycles. The minimum atomic E-state index is 0.145. The molecule has 1 aliphatic heterocycles. The van der Waals surface area contributed by atoms with Gasteiger partial charge in [0, 0.05) is 30.4 Å². The number of methoxy groups -OCH3 is 1. The first-order valence-corrected chi connectivity index (χ1v) is 6.59. The zero-order chi connectivity index (χ0) is 13.2. The van der Waals surface area contributed by atoms with Gasteiger partial charge in [0.2, 0.25) is 0 Å². The third kappa shape index (κ3) is 2.61. The second-order valence-electron chi connectivity index (χ2n) is 5.71. The molecule has 1 unspecified atom stereocenters. The molecule has 1 aromatic rings. The molecule has 0 aliphatic carbocycles. The van der Waals surface area contributed by atoms with Crippen LogP contribution in [-0.4, -0.2) is 30.9 Å². The minimum absolute atomic E-state index is 0.145. The first-order valence-electron chi connectivity index (χ1n) is 6.59. The van der Waals surface area contributed by atoms with Crippen LogP contribution in [0.25, 0.3) is 0 Å². The van der Waals surface area contributed by atoms with Gasteiger partial charge in [-0.1, -0.05) is 6.07 Å². The molecule has 0 radical (unpaired) electrons. The van der Waals surface area contributed by atoms with Crippen LogP contribution in [0, 0.1) is 5.92 Å². The van der Waals surface area contributed by atoms with Crippen molar-refractivity contribution < 1.29 is 9.84 Å². The van der Waals surface area contributed by atoms with E-state index >= 15 is 0 Å². The van der Waals surface area contributed by atoms with Crippen LogP contribution in [0.1, 0.15) is 26.7 Å². The number of anilines is 1. The highest BCUT2D eigenvalue weighted by molar-refractivity contribution is 5.53. The van der Waals surface area contributed by atoms with Gasteiger partial charge in [-0.2, -0.15) is 0 Å². The molecule has 2 rings (SSSR count). The van der Waals surface area contributed by atoms with Crippen molar-refractivity contribution in [1.82, 2.24) is 0 Å². The molecule has 0 spiro atoms. The predicted octanol–water partition coefficient (Wildman–Crippen LogP) is 2.68. The van der Waals surface area contributed by atoms with Gasteiger partial charge in [-0.3, -0.25) is 0 Å². The van der Waals surface area contributed by atoms with Crippen LogP contribution in [0.2, 0.25) is 0 Å². The fourth-order valence-electron chi connectivity index (χ4n) is 3.00. The quantitative estimate of drug-likeness (QED) is 0.890. The van der Waals surface area contributed by atoms with Crippen LogP contribution in [0.3, 0.4) is 0 Å². The van der Waals surface area contributed by atoms with Crippen molar-refractivity contribution >= 4 is 5.69 Å². The van der Waals surface area contributed by atoms with Crippen LogP contribution in [-0.2, 0) is 0 Å². The Morgan fingerprint density at radius 3 is 2.89 bits per heavy atom. The highest BCUT2D eigenvalue weighted by Gasteiger charge is 2.37. The van der Waals surface area contributed by atoms with Gasteiger partial charge in [-0.25, -0.2) is 0 Å². The molecule has 1 aliphatic rings. The number of hydrogen-bond donors (Lipinski definition) is 1. The second kappa shape index (κ2) is 5.19. The largest absolute Gasteiger partial charge is 0.497 e. The Balaban J connectivity index is 2.21. The number of aliphatic hydroxyl groups excluding tert-OH is 1. The van der Waals surface area contributed by atoms with Crippen LogP contribution in [0.4, 0.5) is 5.69 Å². The van der Waals surface area contributed by atoms with Gasteiger partial charge in [-0.05, 0) is 44.7 Å². The van der Waals surface area contributed by atoms with Gasteiger partial charge in [-0.15, -0.1) is 0 Å². The predicted molar refractivity (Wildman–Crippen MR) is 74.2 cm³/mol. The summed E-state index contributed by atoms with van der Waals surface area (Å²) in [4.78, 5) is 2.43. The van der Waals surface area contributed by atoms with Gasteiger partial charge >= 0.3 is 0 Å². The Morgan fingerprint density at radius 2 is 2.22 bits per heavy atom. The summed E-state index contributed by atoms with van der Waals surface area (Å²) in [7, 11) is 1.70. The first kappa shape index (κ1) is 13.2. The summed E-state index contributed by atoms with van der Waals surface area (Å²) in [5.74, 6) is 1.48. The van der Waals surface area contributed by atoms with E-state index in [9.17, 15) is 0 Å². The number of aliphatic hydroxyl groups is 1. The lowest BCUT2D eigenvalue weighted by Gasteiger charge is -2.33. The normalized spacial score (nSPS) is 22.2. The average molecular weight is 249 g/mol. The average Bonchev–Trinajstić information content (AvgIpc) is 2.65. The van der Waals surface area contributed by atoms with E-state index in [2.05, 4.69) is 30.9 Å². The maximum atomic E-state index is 9.10. The van der Waals surface area contributed by atoms with Crippen molar-refractivity contribution in [3.8, 4) is 5.75 Å². The zero-order valence-electron chi connectivity index (χ0n) is 11.5. The molecule has 0 aromatic heterocycles. The van der Waals surface area contributed by atoms with Crippen molar-refractivity contribution in [2.75, 3.05) is 25.2 Å². The first-order chi connectivity index (χ1) is 8.56. The fraction of sp³-hybridized carbons (Fsp3) is 0.600. The van der Waals surface area contributed by atoms with E-state index in [4.69, 9.17) is 9.84 Å². The van der Waals surface area contributed by atoms with Crippen molar-refractivity contribution in [1.29, 1.82) is 0 Å². The van der Waals surface area contributed by atoms with Gasteiger partial charge in [0.15, 0.2) is 0 Å². The summed E-state index contributed by atoms with van der Waals surface area (Å²) in [5.41, 5.74) is 1.35. The summed E-state index contributed by atoms with van der Waals surface area (Å²) in [5, 5.41) is 9.10. The lowest BCUT2D eigenvalue weighted by molar-refractivity contribution is 0.259. The van der Waals surface area contributed by atoms with E-state index in [0.29, 0.717) is 5.92 Å². The SMILES string of the molecule is COc1cccc(N2CC(CCO)CC2(C)C)c1. The smallest absolute Gasteiger partial charge is 0.120 e. The highest BCUT2D eigenvalue weighted by Crippen LogP contribution is 2.38. The van der Waals surface area contributed by atoms with Crippen molar-refractivity contribution in [2.24, 2.45) is 5.92 Å². The van der Waals surface area contributed by atoms with E-state index < -0.39 is 0 Å². The third-order valence-electron chi connectivity index (χ3n) is 3.86. The van der Waals surface area contributed by atoms with E-state index in [1.165, 1.54) is 5.69 Å². The molecule has 0 bridgehead atoms. The molecule has 1 heterocycles. The number of benzene rings is 1. The molecule has 3 nitrogen and oxygen atoms in total. The Morgan fingerprint density at radius 1 is 1.44 bits per heavy atom. The Hall–Kier alpha value is -1.22. The van der Waals surface area contributed by atoms with E-state index in [1.807, 2.05) is 12.1 Å². The van der Waals surface area contributed by atoms with Crippen molar-refractivity contribution in [3.05, 3.63) is 24.3 Å². The maximum Gasteiger partial charge on any atom is 0.120 e. The van der Waals surface area contributed by atoms with Crippen molar-refractivity contribution in [3.63, 3.8) is 0 Å². The van der Waals surface area contributed by atoms with E-state index in [-0.39, 0.29) is 12.1 Å². The molecule has 1 aromatic carbocycles. The maximum absolute atomic E-state index is 9.10. The molecule has 1 N–H and O–H groups in total. The molecule has 0 saturated carbocycles. The molecular weight excluding hydrogens is 226 g/mol. The molecule has 18 heavy (non-hydrogen) atoms. The molecule has 3 heteroatoms. The summed E-state index contributed by atoms with van der Waals surface area (Å²) >= 11 is 0. The van der Waals surface area contributed by atoms with Crippen molar-refractivity contribution in [2.45, 2.75) is 32.2 Å². The van der Waals surface area contributed by atoms with Gasteiger partial charge < -0.3 is 14.7 Å². The van der Waals surface area contributed by atoms with Gasteiger partial charge in [0.25, 0.3) is 0 Å². The minimum Gasteiger partial charge on any atom is -0.497 e. The number of hydrogen-bond acceptors (Lipinski definition) is 3. The van der Waals surface area contributed by atoms with Crippen LogP contribution < -0.4 is 9.64 Å². The Kier molecular flexibility index (Phi) is 3.81. The monoisotopic (exact) mass is 249 g/mol. The highest BCUT2D eigenvalue weighted by atomic mass is 16.5. The third-order valence-corrected chi connectivity index (χ3v) is 3.86. The summed E-state index contributed by atoms with van der Waals surface area (Å²) < 4.78 is 5.29. The molecular formula is C15H23NO2. The zero-order valence-corrected chi connectivity index (χ0v) is 11.5. The summed E-state index contributed by atoms with van der Waals surface area (Å²) in [6.07, 6.45) is 2.02. The fourth-order valence-corrected chi connectivity index (χ4v) is 3.00.